The average Bonchev–Trinajstić information content (AvgIpc) is 3.27. The number of pyridine rings is 1. The van der Waals surface area contributed by atoms with Crippen molar-refractivity contribution in [1.29, 1.82) is 0 Å². The zero-order valence-corrected chi connectivity index (χ0v) is 17.8. The van der Waals surface area contributed by atoms with Crippen LogP contribution in [0.5, 0.6) is 0 Å². The van der Waals surface area contributed by atoms with E-state index in [1.807, 2.05) is 19.1 Å². The third kappa shape index (κ3) is 4.20. The van der Waals surface area contributed by atoms with Gasteiger partial charge in [0.15, 0.2) is 11.6 Å². The molecule has 0 bridgehead atoms. The Bertz CT molecular complexity index is 1190. The van der Waals surface area contributed by atoms with Crippen molar-refractivity contribution in [3.63, 3.8) is 0 Å². The van der Waals surface area contributed by atoms with Gasteiger partial charge in [-0.05, 0) is 55.2 Å². The topological polar surface area (TPSA) is 76.1 Å². The molecule has 2 aromatic heterocycles. The molecule has 1 saturated heterocycles. The van der Waals surface area contributed by atoms with Crippen molar-refractivity contribution in [2.45, 2.75) is 43.5 Å². The first-order chi connectivity index (χ1) is 14.9. The van der Waals surface area contributed by atoms with E-state index in [4.69, 9.17) is 4.98 Å². The van der Waals surface area contributed by atoms with E-state index in [0.29, 0.717) is 30.8 Å². The smallest absolute Gasteiger partial charge is 0.243 e. The van der Waals surface area contributed by atoms with E-state index in [2.05, 4.69) is 9.97 Å². The minimum absolute atomic E-state index is 0.272. The van der Waals surface area contributed by atoms with Crippen LogP contribution in [0.15, 0.2) is 53.8 Å². The fourth-order valence-electron chi connectivity index (χ4n) is 3.86. The highest BCUT2D eigenvalue weighted by Crippen LogP contribution is 2.39. The molecular formula is C22H22F2N4O2S. The van der Waals surface area contributed by atoms with E-state index in [1.165, 1.54) is 4.31 Å². The van der Waals surface area contributed by atoms with Crippen molar-refractivity contribution in [2.75, 3.05) is 6.54 Å². The molecule has 0 aliphatic carbocycles. The lowest BCUT2D eigenvalue weighted by Crippen LogP contribution is -2.31. The van der Waals surface area contributed by atoms with Crippen LogP contribution in [0.2, 0.25) is 0 Å². The number of nitrogens with zero attached hydrogens (tertiary/aromatic N) is 4. The van der Waals surface area contributed by atoms with Crippen LogP contribution in [0, 0.1) is 11.6 Å². The number of sulfonamides is 1. The van der Waals surface area contributed by atoms with Crippen LogP contribution in [0.1, 0.15) is 43.7 Å². The maximum Gasteiger partial charge on any atom is 0.243 e. The van der Waals surface area contributed by atoms with E-state index in [9.17, 15) is 17.2 Å². The zero-order valence-electron chi connectivity index (χ0n) is 17.0. The molecule has 31 heavy (non-hydrogen) atoms. The third-order valence-corrected chi connectivity index (χ3v) is 7.25. The molecule has 0 amide bonds. The van der Waals surface area contributed by atoms with Crippen molar-refractivity contribution in [2.24, 2.45) is 0 Å². The SMILES string of the molecule is CCCc1ncc(-c2ccncc2)c([C@H]2CCCN2S(=O)(=O)c2ccc(F)c(F)c2)n1. The molecule has 4 rings (SSSR count). The van der Waals surface area contributed by atoms with E-state index in [0.717, 1.165) is 35.7 Å². The second-order valence-corrected chi connectivity index (χ2v) is 9.31. The molecule has 3 heterocycles. The van der Waals surface area contributed by atoms with Crippen LogP contribution in [-0.4, -0.2) is 34.2 Å². The predicted octanol–water partition coefficient (Wildman–Crippen LogP) is 4.30. The Morgan fingerprint density at radius 3 is 2.61 bits per heavy atom. The Morgan fingerprint density at radius 1 is 1.13 bits per heavy atom. The molecular weight excluding hydrogens is 422 g/mol. The van der Waals surface area contributed by atoms with Gasteiger partial charge < -0.3 is 0 Å². The summed E-state index contributed by atoms with van der Waals surface area (Å²) in [4.78, 5) is 13.0. The maximum absolute atomic E-state index is 13.8. The summed E-state index contributed by atoms with van der Waals surface area (Å²) in [6, 6.07) is 5.77. The molecule has 1 fully saturated rings. The van der Waals surface area contributed by atoms with Crippen molar-refractivity contribution in [3.8, 4) is 11.1 Å². The minimum Gasteiger partial charge on any atom is -0.265 e. The van der Waals surface area contributed by atoms with Gasteiger partial charge in [0, 0.05) is 37.1 Å². The lowest BCUT2D eigenvalue weighted by atomic mass is 10.0. The monoisotopic (exact) mass is 444 g/mol. The van der Waals surface area contributed by atoms with Gasteiger partial charge in [0.05, 0.1) is 16.6 Å². The minimum atomic E-state index is -4.05. The van der Waals surface area contributed by atoms with Crippen LogP contribution in [0.25, 0.3) is 11.1 Å². The number of hydrogen-bond donors (Lipinski definition) is 0. The lowest BCUT2D eigenvalue weighted by molar-refractivity contribution is 0.389. The summed E-state index contributed by atoms with van der Waals surface area (Å²) >= 11 is 0. The summed E-state index contributed by atoms with van der Waals surface area (Å²) in [5, 5.41) is 0. The zero-order chi connectivity index (χ0) is 22.0. The highest BCUT2D eigenvalue weighted by molar-refractivity contribution is 7.89. The Hall–Kier alpha value is -2.78. The van der Waals surface area contributed by atoms with Crippen molar-refractivity contribution < 1.29 is 17.2 Å². The molecule has 0 spiro atoms. The molecule has 0 N–H and O–H groups in total. The quantitative estimate of drug-likeness (QED) is 0.567. The highest BCUT2D eigenvalue weighted by Gasteiger charge is 2.38. The van der Waals surface area contributed by atoms with Gasteiger partial charge in [-0.15, -0.1) is 0 Å². The van der Waals surface area contributed by atoms with Crippen LogP contribution < -0.4 is 0 Å². The molecule has 6 nitrogen and oxygen atoms in total. The molecule has 1 atom stereocenters. The lowest BCUT2D eigenvalue weighted by Gasteiger charge is -2.25. The first-order valence-corrected chi connectivity index (χ1v) is 11.6. The Labute approximate surface area is 180 Å². The van der Waals surface area contributed by atoms with Crippen LogP contribution in [0.4, 0.5) is 8.78 Å². The molecule has 1 aromatic carbocycles. The summed E-state index contributed by atoms with van der Waals surface area (Å²) in [7, 11) is -4.05. The summed E-state index contributed by atoms with van der Waals surface area (Å²) in [6.45, 7) is 2.30. The summed E-state index contributed by atoms with van der Waals surface area (Å²) in [6.07, 6.45) is 7.78. The molecule has 0 saturated carbocycles. The summed E-state index contributed by atoms with van der Waals surface area (Å²) < 4.78 is 55.1. The molecule has 9 heteroatoms. The van der Waals surface area contributed by atoms with E-state index in [1.54, 1.807) is 18.6 Å². The number of halogens is 2. The summed E-state index contributed by atoms with van der Waals surface area (Å²) in [5.74, 6) is -1.63. The standard InChI is InChI=1S/C22H22F2N4O2S/c1-2-4-21-26-14-17(15-8-10-25-11-9-15)22(27-21)20-5-3-12-28(20)31(29,30)16-6-7-18(23)19(24)13-16/h6-11,13-14,20H,2-5,12H2,1H3/t20-/m1/s1. The van der Waals surface area contributed by atoms with E-state index in [-0.39, 0.29) is 11.4 Å². The van der Waals surface area contributed by atoms with Crippen LogP contribution in [0.3, 0.4) is 0 Å². The average molecular weight is 445 g/mol. The molecule has 162 valence electrons. The Morgan fingerprint density at radius 2 is 1.90 bits per heavy atom. The van der Waals surface area contributed by atoms with Gasteiger partial charge in [-0.2, -0.15) is 4.31 Å². The number of hydrogen-bond acceptors (Lipinski definition) is 5. The first kappa shape index (κ1) is 21.5. The second-order valence-electron chi connectivity index (χ2n) is 7.42. The van der Waals surface area contributed by atoms with Crippen molar-refractivity contribution >= 4 is 10.0 Å². The fourth-order valence-corrected chi connectivity index (χ4v) is 5.53. The highest BCUT2D eigenvalue weighted by atomic mass is 32.2. The molecule has 3 aromatic rings. The van der Waals surface area contributed by atoms with Gasteiger partial charge in [0.1, 0.15) is 5.82 Å². The van der Waals surface area contributed by atoms with Crippen molar-refractivity contribution in [1.82, 2.24) is 19.3 Å². The van der Waals surface area contributed by atoms with Gasteiger partial charge in [-0.1, -0.05) is 6.92 Å². The molecule has 1 aliphatic heterocycles. The van der Waals surface area contributed by atoms with Gasteiger partial charge >= 0.3 is 0 Å². The van der Waals surface area contributed by atoms with Gasteiger partial charge in [0.2, 0.25) is 10.0 Å². The normalized spacial score (nSPS) is 17.2. The largest absolute Gasteiger partial charge is 0.265 e. The van der Waals surface area contributed by atoms with E-state index < -0.39 is 27.7 Å². The Balaban J connectivity index is 1.80. The van der Waals surface area contributed by atoms with Crippen LogP contribution in [-0.2, 0) is 16.4 Å². The second kappa shape index (κ2) is 8.76. The fraction of sp³-hybridized carbons (Fsp3) is 0.318. The van der Waals surface area contributed by atoms with Gasteiger partial charge in [-0.25, -0.2) is 27.2 Å². The number of aromatic nitrogens is 3. The van der Waals surface area contributed by atoms with Crippen LogP contribution >= 0.6 is 0 Å². The number of rotatable bonds is 6. The summed E-state index contributed by atoms with van der Waals surface area (Å²) in [5.41, 5.74) is 2.19. The Kier molecular flexibility index (Phi) is 6.06. The van der Waals surface area contributed by atoms with Gasteiger partial charge in [-0.3, -0.25) is 4.98 Å². The maximum atomic E-state index is 13.8. The molecule has 1 aliphatic rings. The first-order valence-electron chi connectivity index (χ1n) is 10.1. The van der Waals surface area contributed by atoms with E-state index >= 15 is 0 Å². The molecule has 0 radical (unpaired) electrons. The third-order valence-electron chi connectivity index (χ3n) is 5.35. The molecule has 0 unspecified atom stereocenters. The number of aryl methyl sites for hydroxylation is 1. The van der Waals surface area contributed by atoms with Crippen molar-refractivity contribution in [3.05, 3.63) is 72.1 Å². The van der Waals surface area contributed by atoms with Gasteiger partial charge in [0.25, 0.3) is 0 Å². The number of benzene rings is 1. The predicted molar refractivity (Wildman–Crippen MR) is 111 cm³/mol.